The zero-order valence-corrected chi connectivity index (χ0v) is 13.1. The lowest BCUT2D eigenvalue weighted by atomic mass is 10.2. The van der Waals surface area contributed by atoms with Crippen LogP contribution >= 0.6 is 0 Å². The number of aromatic nitrogens is 4. The van der Waals surface area contributed by atoms with Gasteiger partial charge in [-0.3, -0.25) is 14.9 Å². The van der Waals surface area contributed by atoms with Crippen molar-refractivity contribution in [3.05, 3.63) is 76.4 Å². The van der Waals surface area contributed by atoms with Crippen LogP contribution in [0, 0.1) is 15.9 Å². The second-order valence-corrected chi connectivity index (χ2v) is 5.09. The summed E-state index contributed by atoms with van der Waals surface area (Å²) in [6.45, 7) is 0. The molecule has 0 unspecified atom stereocenters. The van der Waals surface area contributed by atoms with Crippen molar-refractivity contribution in [1.82, 2.24) is 20.2 Å². The molecule has 0 fully saturated rings. The van der Waals surface area contributed by atoms with E-state index < -0.39 is 16.6 Å². The first-order chi connectivity index (χ1) is 12.5. The third-order valence-corrected chi connectivity index (χ3v) is 3.33. The molecular weight excluding hydrogens is 343 g/mol. The van der Waals surface area contributed by atoms with Crippen molar-refractivity contribution in [1.29, 1.82) is 0 Å². The highest BCUT2D eigenvalue weighted by Crippen LogP contribution is 2.19. The van der Waals surface area contributed by atoms with E-state index >= 15 is 0 Å². The Hall–Kier alpha value is -3.95. The molecule has 0 radical (unpaired) electrons. The lowest BCUT2D eigenvalue weighted by molar-refractivity contribution is -0.384. The van der Waals surface area contributed by atoms with Crippen molar-refractivity contribution in [3.63, 3.8) is 0 Å². The Morgan fingerprint density at radius 1 is 1.27 bits per heavy atom. The number of anilines is 1. The van der Waals surface area contributed by atoms with Crippen molar-refractivity contribution in [2.45, 2.75) is 0 Å². The molecule has 0 spiro atoms. The van der Waals surface area contributed by atoms with Crippen LogP contribution in [0.1, 0.15) is 5.56 Å². The number of amides is 1. The van der Waals surface area contributed by atoms with Gasteiger partial charge in [-0.1, -0.05) is 12.1 Å². The lowest BCUT2D eigenvalue weighted by Gasteiger charge is -2.06. The van der Waals surface area contributed by atoms with Crippen LogP contribution < -0.4 is 5.32 Å². The van der Waals surface area contributed by atoms with Crippen molar-refractivity contribution < 1.29 is 14.1 Å². The Kier molecular flexibility index (Phi) is 4.74. The first-order valence-corrected chi connectivity index (χ1v) is 7.29. The summed E-state index contributed by atoms with van der Waals surface area (Å²) in [5.41, 5.74) is 0.797. The van der Waals surface area contributed by atoms with Gasteiger partial charge in [0.05, 0.1) is 16.3 Å². The standard InChI is InChI=1S/C16H11FN6O3/c17-14-6-5-12(22-10-18-20-21-22)9-15(14)19-16(24)7-4-11-2-1-3-13(8-11)23(25)26/h1-10H,(H,19,24). The topological polar surface area (TPSA) is 116 Å². The highest BCUT2D eigenvalue weighted by Gasteiger charge is 2.08. The fraction of sp³-hybridized carbons (Fsp3) is 0. The quantitative estimate of drug-likeness (QED) is 0.427. The first-order valence-electron chi connectivity index (χ1n) is 7.29. The Balaban J connectivity index is 1.75. The average Bonchev–Trinajstić information content (AvgIpc) is 3.17. The summed E-state index contributed by atoms with van der Waals surface area (Å²) >= 11 is 0. The molecule has 0 aliphatic rings. The van der Waals surface area contributed by atoms with Crippen molar-refractivity contribution >= 4 is 23.4 Å². The minimum absolute atomic E-state index is 0.0494. The van der Waals surface area contributed by atoms with Gasteiger partial charge in [0, 0.05) is 18.2 Å². The van der Waals surface area contributed by atoms with Crippen LogP contribution in [-0.4, -0.2) is 31.0 Å². The molecule has 0 bridgehead atoms. The number of hydrogen-bond acceptors (Lipinski definition) is 6. The number of nitrogens with zero attached hydrogens (tertiary/aromatic N) is 5. The second-order valence-electron chi connectivity index (χ2n) is 5.09. The van der Waals surface area contributed by atoms with E-state index in [4.69, 9.17) is 0 Å². The van der Waals surface area contributed by atoms with Crippen LogP contribution in [-0.2, 0) is 4.79 Å². The largest absolute Gasteiger partial charge is 0.320 e. The number of non-ortho nitro benzene ring substituents is 1. The molecule has 3 aromatic rings. The summed E-state index contributed by atoms with van der Waals surface area (Å²) in [6.07, 6.45) is 3.88. The summed E-state index contributed by atoms with van der Waals surface area (Å²) < 4.78 is 15.2. The summed E-state index contributed by atoms with van der Waals surface area (Å²) in [5, 5.41) is 23.8. The Labute approximate surface area is 145 Å². The third kappa shape index (κ3) is 3.93. The minimum Gasteiger partial charge on any atom is -0.320 e. The fourth-order valence-corrected chi connectivity index (χ4v) is 2.12. The van der Waals surface area contributed by atoms with Crippen molar-refractivity contribution in [3.8, 4) is 5.69 Å². The van der Waals surface area contributed by atoms with E-state index in [1.54, 1.807) is 6.07 Å². The number of hydrogen-bond donors (Lipinski definition) is 1. The van der Waals surface area contributed by atoms with E-state index in [0.29, 0.717) is 11.3 Å². The van der Waals surface area contributed by atoms with Gasteiger partial charge < -0.3 is 5.32 Å². The van der Waals surface area contributed by atoms with Crippen LogP contribution in [0.5, 0.6) is 0 Å². The maximum atomic E-state index is 13.9. The molecule has 0 saturated carbocycles. The molecule has 0 saturated heterocycles. The monoisotopic (exact) mass is 354 g/mol. The van der Waals surface area contributed by atoms with Crippen LogP contribution in [0.2, 0.25) is 0 Å². The number of nitrogens with one attached hydrogen (secondary N) is 1. The van der Waals surface area contributed by atoms with Crippen LogP contribution in [0.15, 0.2) is 54.9 Å². The molecule has 1 aromatic heterocycles. The molecule has 26 heavy (non-hydrogen) atoms. The number of carbonyl (C=O) groups excluding carboxylic acids is 1. The maximum absolute atomic E-state index is 13.9. The molecule has 0 aliphatic carbocycles. The second kappa shape index (κ2) is 7.30. The molecule has 1 N–H and O–H groups in total. The van der Waals surface area contributed by atoms with Crippen molar-refractivity contribution in [2.24, 2.45) is 0 Å². The van der Waals surface area contributed by atoms with Gasteiger partial charge in [0.2, 0.25) is 5.91 Å². The number of rotatable bonds is 5. The summed E-state index contributed by atoms with van der Waals surface area (Å²) in [5.74, 6) is -1.22. The number of carbonyl (C=O) groups is 1. The Morgan fingerprint density at radius 3 is 2.85 bits per heavy atom. The summed E-state index contributed by atoms with van der Waals surface area (Å²) in [6, 6.07) is 9.79. The zero-order chi connectivity index (χ0) is 18.5. The molecule has 1 amide bonds. The van der Waals surface area contributed by atoms with E-state index in [0.717, 1.165) is 6.08 Å². The van der Waals surface area contributed by atoms with Gasteiger partial charge in [-0.25, -0.2) is 9.07 Å². The van der Waals surface area contributed by atoms with Gasteiger partial charge in [-0.05, 0) is 40.3 Å². The minimum atomic E-state index is -0.626. The van der Waals surface area contributed by atoms with E-state index in [2.05, 4.69) is 20.8 Å². The van der Waals surface area contributed by atoms with Crippen LogP contribution in [0.4, 0.5) is 15.8 Å². The van der Waals surface area contributed by atoms with Crippen LogP contribution in [0.3, 0.4) is 0 Å². The van der Waals surface area contributed by atoms with E-state index in [1.807, 2.05) is 0 Å². The molecule has 130 valence electrons. The first kappa shape index (κ1) is 16.9. The van der Waals surface area contributed by atoms with Gasteiger partial charge in [-0.15, -0.1) is 5.10 Å². The third-order valence-electron chi connectivity index (χ3n) is 3.33. The molecule has 1 heterocycles. The highest BCUT2D eigenvalue weighted by molar-refractivity contribution is 6.02. The zero-order valence-electron chi connectivity index (χ0n) is 13.1. The van der Waals surface area contributed by atoms with Gasteiger partial charge in [-0.2, -0.15) is 0 Å². The SMILES string of the molecule is O=C(C=Cc1cccc([N+](=O)[O-])c1)Nc1cc(-n2cnnn2)ccc1F. The van der Waals surface area contributed by atoms with Gasteiger partial charge in [0.1, 0.15) is 12.1 Å². The summed E-state index contributed by atoms with van der Waals surface area (Å²) in [4.78, 5) is 22.2. The predicted molar refractivity (Wildman–Crippen MR) is 89.9 cm³/mol. The normalized spacial score (nSPS) is 10.8. The molecule has 9 nitrogen and oxygen atoms in total. The Bertz CT molecular complexity index is 987. The lowest BCUT2D eigenvalue weighted by Crippen LogP contribution is -2.10. The van der Waals surface area contributed by atoms with Gasteiger partial charge in [0.15, 0.2) is 0 Å². The number of nitro benzene ring substituents is 1. The fourth-order valence-electron chi connectivity index (χ4n) is 2.12. The summed E-state index contributed by atoms with van der Waals surface area (Å²) in [7, 11) is 0. The predicted octanol–water partition coefficient (Wildman–Crippen LogP) is 2.36. The number of halogens is 1. The van der Waals surface area contributed by atoms with Gasteiger partial charge >= 0.3 is 0 Å². The molecule has 10 heteroatoms. The Morgan fingerprint density at radius 2 is 2.12 bits per heavy atom. The highest BCUT2D eigenvalue weighted by atomic mass is 19.1. The van der Waals surface area contributed by atoms with E-state index in [9.17, 15) is 19.3 Å². The number of tetrazole rings is 1. The average molecular weight is 354 g/mol. The van der Waals surface area contributed by atoms with E-state index in [-0.39, 0.29) is 11.4 Å². The smallest absolute Gasteiger partial charge is 0.270 e. The van der Waals surface area contributed by atoms with Crippen molar-refractivity contribution in [2.75, 3.05) is 5.32 Å². The number of benzene rings is 2. The number of nitro groups is 1. The maximum Gasteiger partial charge on any atom is 0.270 e. The molecule has 0 atom stereocenters. The van der Waals surface area contributed by atoms with E-state index in [1.165, 1.54) is 53.5 Å². The molecular formula is C16H11FN6O3. The van der Waals surface area contributed by atoms with Gasteiger partial charge in [0.25, 0.3) is 5.69 Å². The van der Waals surface area contributed by atoms with Crippen LogP contribution in [0.25, 0.3) is 11.8 Å². The molecule has 0 aliphatic heterocycles. The molecule has 3 rings (SSSR count). The molecule has 2 aromatic carbocycles.